The Balaban J connectivity index is 1.50. The molecule has 4 rings (SSSR count). The van der Waals surface area contributed by atoms with Crippen LogP contribution in [0.1, 0.15) is 48.8 Å². The van der Waals surface area contributed by atoms with E-state index in [1.165, 1.54) is 6.42 Å². The molecule has 1 N–H and O–H groups in total. The fourth-order valence-electron chi connectivity index (χ4n) is 4.46. The molecule has 0 aromatic heterocycles. The minimum atomic E-state index is -0.338. The molecule has 156 valence electrons. The summed E-state index contributed by atoms with van der Waals surface area (Å²) in [6.45, 7) is 1.35. The molecule has 1 heterocycles. The van der Waals surface area contributed by atoms with Crippen LogP contribution in [0.25, 0.3) is 0 Å². The highest BCUT2D eigenvalue weighted by Crippen LogP contribution is 2.30. The van der Waals surface area contributed by atoms with Crippen LogP contribution >= 0.6 is 11.6 Å². The van der Waals surface area contributed by atoms with Crippen molar-refractivity contribution >= 4 is 23.4 Å². The standard InChI is InChI=1S/C24H26ClN3O2/c25-20-6-4-5-18(12-20)15-28-16-21(13-19-11-17(14-26)9-10-23(19)28)27-24(29)30-22-7-2-1-3-8-22/h4-6,9-12,21-22H,1-3,7-8,13,15-16H2,(H,27,29). The number of anilines is 1. The first kappa shape index (κ1) is 20.6. The third-order valence-corrected chi connectivity index (χ3v) is 6.10. The van der Waals surface area contributed by atoms with E-state index in [9.17, 15) is 10.1 Å². The number of hydrogen-bond acceptors (Lipinski definition) is 4. The van der Waals surface area contributed by atoms with Crippen molar-refractivity contribution in [2.45, 2.75) is 57.2 Å². The monoisotopic (exact) mass is 423 g/mol. The summed E-state index contributed by atoms with van der Waals surface area (Å²) in [5.74, 6) is 0. The first-order valence-electron chi connectivity index (χ1n) is 10.6. The molecule has 2 aliphatic rings. The van der Waals surface area contributed by atoms with Crippen LogP contribution in [0.2, 0.25) is 5.02 Å². The molecule has 1 aliphatic carbocycles. The molecule has 1 amide bonds. The SMILES string of the molecule is N#Cc1ccc2c(c1)CC(NC(=O)OC1CCCCC1)CN2Cc1cccc(Cl)c1. The molecular weight excluding hydrogens is 398 g/mol. The number of ether oxygens (including phenoxy) is 1. The van der Waals surface area contributed by atoms with E-state index in [2.05, 4.69) is 16.3 Å². The van der Waals surface area contributed by atoms with Crippen LogP contribution in [-0.2, 0) is 17.7 Å². The normalized spacial score (nSPS) is 18.9. The zero-order chi connectivity index (χ0) is 20.9. The number of carbonyl (C=O) groups excluding carboxylic acids is 1. The quantitative estimate of drug-likeness (QED) is 0.733. The Bertz CT molecular complexity index is 950. The van der Waals surface area contributed by atoms with E-state index in [4.69, 9.17) is 16.3 Å². The third kappa shape index (κ3) is 5.06. The molecule has 1 saturated carbocycles. The van der Waals surface area contributed by atoms with Gasteiger partial charge in [0.2, 0.25) is 0 Å². The van der Waals surface area contributed by atoms with Gasteiger partial charge in [-0.3, -0.25) is 0 Å². The first-order chi connectivity index (χ1) is 14.6. The molecule has 6 heteroatoms. The number of halogens is 1. The van der Waals surface area contributed by atoms with Gasteiger partial charge in [0, 0.05) is 23.8 Å². The van der Waals surface area contributed by atoms with Gasteiger partial charge in [0.25, 0.3) is 0 Å². The highest BCUT2D eigenvalue weighted by molar-refractivity contribution is 6.30. The van der Waals surface area contributed by atoms with Gasteiger partial charge in [0.15, 0.2) is 0 Å². The molecule has 2 aromatic rings. The Morgan fingerprint density at radius 1 is 1.20 bits per heavy atom. The maximum Gasteiger partial charge on any atom is 0.407 e. The minimum Gasteiger partial charge on any atom is -0.446 e. The van der Waals surface area contributed by atoms with Crippen molar-refractivity contribution in [2.75, 3.05) is 11.4 Å². The lowest BCUT2D eigenvalue weighted by atomic mass is 9.95. The number of nitrogens with one attached hydrogen (secondary N) is 1. The lowest BCUT2D eigenvalue weighted by Gasteiger charge is -2.37. The summed E-state index contributed by atoms with van der Waals surface area (Å²) in [7, 11) is 0. The molecular formula is C24H26ClN3O2. The number of benzene rings is 2. The van der Waals surface area contributed by atoms with E-state index in [-0.39, 0.29) is 18.2 Å². The summed E-state index contributed by atoms with van der Waals surface area (Å²) in [5, 5.41) is 13.1. The first-order valence-corrected chi connectivity index (χ1v) is 11.0. The molecule has 0 radical (unpaired) electrons. The van der Waals surface area contributed by atoms with Crippen LogP contribution in [0.15, 0.2) is 42.5 Å². The summed E-state index contributed by atoms with van der Waals surface area (Å²) < 4.78 is 5.66. The number of hydrogen-bond donors (Lipinski definition) is 1. The maximum absolute atomic E-state index is 12.5. The fraction of sp³-hybridized carbons (Fsp3) is 0.417. The molecule has 1 fully saturated rings. The van der Waals surface area contributed by atoms with Crippen molar-refractivity contribution in [3.63, 3.8) is 0 Å². The second kappa shape index (κ2) is 9.40. The van der Waals surface area contributed by atoms with Crippen molar-refractivity contribution in [3.8, 4) is 6.07 Å². The molecule has 5 nitrogen and oxygen atoms in total. The van der Waals surface area contributed by atoms with Gasteiger partial charge in [-0.05, 0) is 73.6 Å². The lowest BCUT2D eigenvalue weighted by Crippen LogP contribution is -2.48. The van der Waals surface area contributed by atoms with Crippen molar-refractivity contribution in [1.82, 2.24) is 5.32 Å². The van der Waals surface area contributed by atoms with Crippen LogP contribution in [0.5, 0.6) is 0 Å². The van der Waals surface area contributed by atoms with Crippen molar-refractivity contribution in [3.05, 3.63) is 64.2 Å². The zero-order valence-corrected chi connectivity index (χ0v) is 17.7. The predicted octanol–water partition coefficient (Wildman–Crippen LogP) is 5.20. The van der Waals surface area contributed by atoms with Gasteiger partial charge < -0.3 is 15.0 Å². The van der Waals surface area contributed by atoms with E-state index >= 15 is 0 Å². The Morgan fingerprint density at radius 3 is 2.80 bits per heavy atom. The number of nitrogens with zero attached hydrogens (tertiary/aromatic N) is 2. The molecule has 1 atom stereocenters. The second-order valence-electron chi connectivity index (χ2n) is 8.18. The highest BCUT2D eigenvalue weighted by atomic mass is 35.5. The van der Waals surface area contributed by atoms with E-state index in [1.54, 1.807) is 0 Å². The predicted molar refractivity (Wildman–Crippen MR) is 118 cm³/mol. The number of fused-ring (bicyclic) bond motifs is 1. The number of alkyl carbamates (subject to hydrolysis) is 1. The summed E-state index contributed by atoms with van der Waals surface area (Å²) in [6, 6.07) is 15.7. The van der Waals surface area contributed by atoms with Gasteiger partial charge in [-0.25, -0.2) is 4.79 Å². The van der Waals surface area contributed by atoms with Gasteiger partial charge in [0.05, 0.1) is 17.7 Å². The topological polar surface area (TPSA) is 65.4 Å². The molecule has 2 aromatic carbocycles. The van der Waals surface area contributed by atoms with Crippen LogP contribution < -0.4 is 10.2 Å². The second-order valence-corrected chi connectivity index (χ2v) is 8.61. The van der Waals surface area contributed by atoms with Crippen LogP contribution in [0, 0.1) is 11.3 Å². The van der Waals surface area contributed by atoms with Crippen LogP contribution in [-0.4, -0.2) is 24.8 Å². The molecule has 1 aliphatic heterocycles. The lowest BCUT2D eigenvalue weighted by molar-refractivity contribution is 0.0729. The Hall–Kier alpha value is -2.71. The fourth-order valence-corrected chi connectivity index (χ4v) is 4.67. The van der Waals surface area contributed by atoms with Gasteiger partial charge in [-0.1, -0.05) is 30.2 Å². The Labute approximate surface area is 182 Å². The number of carbonyl (C=O) groups is 1. The van der Waals surface area contributed by atoms with Gasteiger partial charge in [0.1, 0.15) is 6.10 Å². The smallest absolute Gasteiger partial charge is 0.407 e. The largest absolute Gasteiger partial charge is 0.446 e. The van der Waals surface area contributed by atoms with E-state index in [0.29, 0.717) is 30.1 Å². The zero-order valence-electron chi connectivity index (χ0n) is 16.9. The van der Waals surface area contributed by atoms with Crippen LogP contribution in [0.3, 0.4) is 0 Å². The highest BCUT2D eigenvalue weighted by Gasteiger charge is 2.27. The molecule has 30 heavy (non-hydrogen) atoms. The Morgan fingerprint density at radius 2 is 2.03 bits per heavy atom. The van der Waals surface area contributed by atoms with Crippen LogP contribution in [0.4, 0.5) is 10.5 Å². The molecule has 0 spiro atoms. The number of nitriles is 1. The van der Waals surface area contributed by atoms with E-state index in [0.717, 1.165) is 42.5 Å². The van der Waals surface area contributed by atoms with Crippen molar-refractivity contribution in [2.24, 2.45) is 0 Å². The summed E-state index contributed by atoms with van der Waals surface area (Å²) >= 11 is 6.16. The van der Waals surface area contributed by atoms with Crippen molar-refractivity contribution in [1.29, 1.82) is 5.26 Å². The van der Waals surface area contributed by atoms with Gasteiger partial charge in [-0.2, -0.15) is 5.26 Å². The summed E-state index contributed by atoms with van der Waals surface area (Å²) in [6.07, 6.45) is 5.74. The molecule has 1 unspecified atom stereocenters. The summed E-state index contributed by atoms with van der Waals surface area (Å²) in [5.41, 5.74) is 3.88. The summed E-state index contributed by atoms with van der Waals surface area (Å²) in [4.78, 5) is 14.7. The maximum atomic E-state index is 12.5. The van der Waals surface area contributed by atoms with E-state index < -0.39 is 0 Å². The average Bonchev–Trinajstić information content (AvgIpc) is 2.74. The van der Waals surface area contributed by atoms with E-state index in [1.807, 2.05) is 42.5 Å². The molecule has 0 saturated heterocycles. The van der Waals surface area contributed by atoms with Gasteiger partial charge >= 0.3 is 6.09 Å². The molecule has 0 bridgehead atoms. The van der Waals surface area contributed by atoms with Gasteiger partial charge in [-0.15, -0.1) is 0 Å². The minimum absolute atomic E-state index is 0.0300. The Kier molecular flexibility index (Phi) is 6.44. The third-order valence-electron chi connectivity index (χ3n) is 5.87. The number of rotatable bonds is 4. The number of amides is 1. The van der Waals surface area contributed by atoms with Crippen molar-refractivity contribution < 1.29 is 9.53 Å². The average molecular weight is 424 g/mol.